The van der Waals surface area contributed by atoms with Crippen molar-refractivity contribution in [3.8, 4) is 5.75 Å². The standard InChI is InChI=1S/C15H26N2O/c1-6-14(16-7-2)15-9-8-13(10-17-15)18-12(5)11(3)4/h8-12,14,16H,6-7H2,1-5H3. The van der Waals surface area contributed by atoms with Gasteiger partial charge in [0.25, 0.3) is 0 Å². The van der Waals surface area contributed by atoms with Crippen molar-refractivity contribution >= 4 is 0 Å². The van der Waals surface area contributed by atoms with Crippen LogP contribution in [0.3, 0.4) is 0 Å². The maximum absolute atomic E-state index is 5.82. The minimum Gasteiger partial charge on any atom is -0.489 e. The molecule has 2 unspecified atom stereocenters. The SMILES string of the molecule is CCNC(CC)c1ccc(OC(C)C(C)C)cn1. The molecule has 0 saturated heterocycles. The van der Waals surface area contributed by atoms with E-state index in [4.69, 9.17) is 4.74 Å². The zero-order chi connectivity index (χ0) is 13.5. The Bertz CT molecular complexity index is 335. The molecule has 0 aliphatic rings. The number of rotatable bonds is 7. The second-order valence-electron chi connectivity index (χ2n) is 5.00. The van der Waals surface area contributed by atoms with Crippen molar-refractivity contribution in [2.75, 3.05) is 6.54 Å². The second-order valence-corrected chi connectivity index (χ2v) is 5.00. The Labute approximate surface area is 111 Å². The number of hydrogen-bond acceptors (Lipinski definition) is 3. The lowest BCUT2D eigenvalue weighted by Gasteiger charge is -2.19. The predicted octanol–water partition coefficient (Wildman–Crippen LogP) is 3.57. The average molecular weight is 250 g/mol. The first kappa shape index (κ1) is 15.0. The molecule has 1 aromatic rings. The molecular formula is C15H26N2O. The third-order valence-corrected chi connectivity index (χ3v) is 3.24. The van der Waals surface area contributed by atoms with E-state index in [0.29, 0.717) is 12.0 Å². The summed E-state index contributed by atoms with van der Waals surface area (Å²) in [6.45, 7) is 11.6. The summed E-state index contributed by atoms with van der Waals surface area (Å²) in [7, 11) is 0. The van der Waals surface area contributed by atoms with E-state index in [1.165, 1.54) is 0 Å². The highest BCUT2D eigenvalue weighted by molar-refractivity contribution is 5.21. The lowest BCUT2D eigenvalue weighted by Crippen LogP contribution is -2.21. The number of pyridine rings is 1. The molecule has 0 saturated carbocycles. The predicted molar refractivity (Wildman–Crippen MR) is 75.9 cm³/mol. The molecule has 1 heterocycles. The monoisotopic (exact) mass is 250 g/mol. The lowest BCUT2D eigenvalue weighted by atomic mass is 10.1. The van der Waals surface area contributed by atoms with Crippen molar-refractivity contribution in [1.29, 1.82) is 0 Å². The number of aromatic nitrogens is 1. The van der Waals surface area contributed by atoms with Crippen molar-refractivity contribution in [2.45, 2.75) is 53.2 Å². The summed E-state index contributed by atoms with van der Waals surface area (Å²) in [5, 5.41) is 3.42. The van der Waals surface area contributed by atoms with E-state index in [2.05, 4.69) is 51.0 Å². The molecule has 1 rings (SSSR count). The van der Waals surface area contributed by atoms with Crippen LogP contribution in [0.1, 0.15) is 52.8 Å². The molecule has 18 heavy (non-hydrogen) atoms. The quantitative estimate of drug-likeness (QED) is 0.803. The van der Waals surface area contributed by atoms with E-state index < -0.39 is 0 Å². The number of ether oxygens (including phenoxy) is 1. The topological polar surface area (TPSA) is 34.1 Å². The summed E-state index contributed by atoms with van der Waals surface area (Å²) in [5.41, 5.74) is 1.09. The summed E-state index contributed by atoms with van der Waals surface area (Å²) >= 11 is 0. The first-order valence-corrected chi connectivity index (χ1v) is 6.94. The van der Waals surface area contributed by atoms with Gasteiger partial charge in [-0.25, -0.2) is 0 Å². The fourth-order valence-corrected chi connectivity index (χ4v) is 1.72. The van der Waals surface area contributed by atoms with Crippen LogP contribution in [-0.2, 0) is 0 Å². The molecule has 0 fully saturated rings. The molecule has 3 nitrogen and oxygen atoms in total. The lowest BCUT2D eigenvalue weighted by molar-refractivity contribution is 0.169. The Morgan fingerprint density at radius 3 is 2.39 bits per heavy atom. The van der Waals surface area contributed by atoms with Gasteiger partial charge in [-0.2, -0.15) is 0 Å². The summed E-state index contributed by atoms with van der Waals surface area (Å²) in [5.74, 6) is 1.36. The van der Waals surface area contributed by atoms with Gasteiger partial charge in [-0.15, -0.1) is 0 Å². The van der Waals surface area contributed by atoms with Crippen molar-refractivity contribution < 1.29 is 4.74 Å². The molecule has 0 aliphatic carbocycles. The summed E-state index contributed by atoms with van der Waals surface area (Å²) in [6, 6.07) is 4.41. The van der Waals surface area contributed by atoms with E-state index in [0.717, 1.165) is 24.4 Å². The molecule has 3 heteroatoms. The fourth-order valence-electron chi connectivity index (χ4n) is 1.72. The summed E-state index contributed by atoms with van der Waals surface area (Å²) in [6.07, 6.45) is 3.09. The molecular weight excluding hydrogens is 224 g/mol. The van der Waals surface area contributed by atoms with Crippen LogP contribution >= 0.6 is 0 Å². The molecule has 0 bridgehead atoms. The highest BCUT2D eigenvalue weighted by atomic mass is 16.5. The average Bonchev–Trinajstić information content (AvgIpc) is 2.37. The smallest absolute Gasteiger partial charge is 0.138 e. The van der Waals surface area contributed by atoms with Crippen LogP contribution in [0.2, 0.25) is 0 Å². The highest BCUT2D eigenvalue weighted by Gasteiger charge is 2.11. The molecule has 0 radical (unpaired) electrons. The van der Waals surface area contributed by atoms with Gasteiger partial charge in [0.15, 0.2) is 0 Å². The molecule has 2 atom stereocenters. The van der Waals surface area contributed by atoms with Gasteiger partial charge in [0.1, 0.15) is 5.75 Å². The Morgan fingerprint density at radius 1 is 1.22 bits per heavy atom. The highest BCUT2D eigenvalue weighted by Crippen LogP contribution is 2.19. The van der Waals surface area contributed by atoms with Crippen LogP contribution in [0.4, 0.5) is 0 Å². The van der Waals surface area contributed by atoms with Crippen molar-refractivity contribution in [2.24, 2.45) is 5.92 Å². The molecule has 0 spiro atoms. The first-order chi connectivity index (χ1) is 8.58. The summed E-state index contributed by atoms with van der Waals surface area (Å²) in [4.78, 5) is 4.49. The van der Waals surface area contributed by atoms with Crippen molar-refractivity contribution in [3.63, 3.8) is 0 Å². The van der Waals surface area contributed by atoms with Gasteiger partial charge in [0.05, 0.1) is 18.0 Å². The normalized spacial score (nSPS) is 14.6. The van der Waals surface area contributed by atoms with Gasteiger partial charge in [0, 0.05) is 6.04 Å². The zero-order valence-corrected chi connectivity index (χ0v) is 12.2. The largest absolute Gasteiger partial charge is 0.489 e. The molecule has 102 valence electrons. The molecule has 0 aliphatic heterocycles. The zero-order valence-electron chi connectivity index (χ0n) is 12.2. The molecule has 0 amide bonds. The van der Waals surface area contributed by atoms with Crippen LogP contribution in [0.25, 0.3) is 0 Å². The van der Waals surface area contributed by atoms with E-state index in [-0.39, 0.29) is 6.10 Å². The van der Waals surface area contributed by atoms with E-state index >= 15 is 0 Å². The fraction of sp³-hybridized carbons (Fsp3) is 0.667. The molecule has 0 aromatic carbocycles. The van der Waals surface area contributed by atoms with Gasteiger partial charge >= 0.3 is 0 Å². The molecule has 1 N–H and O–H groups in total. The molecule has 1 aromatic heterocycles. The number of hydrogen-bond donors (Lipinski definition) is 1. The van der Waals surface area contributed by atoms with E-state index in [9.17, 15) is 0 Å². The minimum atomic E-state index is 0.216. The Morgan fingerprint density at radius 2 is 1.94 bits per heavy atom. The van der Waals surface area contributed by atoms with Gasteiger partial charge in [-0.05, 0) is 37.9 Å². The third-order valence-electron chi connectivity index (χ3n) is 3.24. The number of nitrogens with zero attached hydrogens (tertiary/aromatic N) is 1. The van der Waals surface area contributed by atoms with E-state index in [1.807, 2.05) is 12.3 Å². The second kappa shape index (κ2) is 7.37. The van der Waals surface area contributed by atoms with Crippen LogP contribution < -0.4 is 10.1 Å². The maximum atomic E-state index is 5.82. The maximum Gasteiger partial charge on any atom is 0.138 e. The van der Waals surface area contributed by atoms with Crippen LogP contribution in [0.5, 0.6) is 5.75 Å². The van der Waals surface area contributed by atoms with Gasteiger partial charge in [0.2, 0.25) is 0 Å². The minimum absolute atomic E-state index is 0.216. The van der Waals surface area contributed by atoms with E-state index in [1.54, 1.807) is 0 Å². The van der Waals surface area contributed by atoms with Crippen molar-refractivity contribution in [3.05, 3.63) is 24.0 Å². The van der Waals surface area contributed by atoms with Crippen LogP contribution in [0.15, 0.2) is 18.3 Å². The van der Waals surface area contributed by atoms with Crippen molar-refractivity contribution in [1.82, 2.24) is 10.3 Å². The first-order valence-electron chi connectivity index (χ1n) is 6.94. The number of nitrogens with one attached hydrogen (secondary N) is 1. The van der Waals surface area contributed by atoms with Crippen LogP contribution in [-0.4, -0.2) is 17.6 Å². The Balaban J connectivity index is 2.67. The Kier molecular flexibility index (Phi) is 6.13. The third kappa shape index (κ3) is 4.30. The van der Waals surface area contributed by atoms with Gasteiger partial charge in [-0.1, -0.05) is 27.7 Å². The van der Waals surface area contributed by atoms with Crippen LogP contribution in [0, 0.1) is 5.92 Å². The van der Waals surface area contributed by atoms with Gasteiger partial charge < -0.3 is 10.1 Å². The summed E-state index contributed by atoms with van der Waals surface area (Å²) < 4.78 is 5.82. The Hall–Kier alpha value is -1.09. The van der Waals surface area contributed by atoms with Gasteiger partial charge in [-0.3, -0.25) is 4.98 Å².